The van der Waals surface area contributed by atoms with Gasteiger partial charge in [0, 0.05) is 23.4 Å². The Balaban J connectivity index is 2.58. The van der Waals surface area contributed by atoms with E-state index in [-0.39, 0.29) is 0 Å². The van der Waals surface area contributed by atoms with Gasteiger partial charge in [-0.2, -0.15) is 0 Å². The lowest BCUT2D eigenvalue weighted by Gasteiger charge is -2.05. The zero-order valence-electron chi connectivity index (χ0n) is 8.97. The number of halogens is 2. The normalized spacial score (nSPS) is 10.5. The third kappa shape index (κ3) is 1.66. The topological polar surface area (TPSA) is 25.0 Å². The predicted octanol–water partition coefficient (Wildman–Crippen LogP) is 3.28. The summed E-state index contributed by atoms with van der Waals surface area (Å²) in [5.74, 6) is -0.630. The molecule has 0 atom stereocenters. The van der Waals surface area contributed by atoms with Gasteiger partial charge >= 0.3 is 0 Å². The molecule has 1 aromatic heterocycles. The van der Waals surface area contributed by atoms with Gasteiger partial charge in [-0.3, -0.25) is 0 Å². The Morgan fingerprint density at radius 2 is 2.00 bits per heavy atom. The maximum absolute atomic E-state index is 13.5. The first-order valence-electron chi connectivity index (χ1n) is 4.81. The molecule has 0 amide bonds. The van der Waals surface area contributed by atoms with Gasteiger partial charge in [-0.15, -0.1) is 0 Å². The zero-order chi connectivity index (χ0) is 11.7. The van der Waals surface area contributed by atoms with Crippen LogP contribution in [0.2, 0.25) is 0 Å². The molecule has 1 aromatic carbocycles. The van der Waals surface area contributed by atoms with E-state index in [1.165, 1.54) is 19.2 Å². The summed E-state index contributed by atoms with van der Waals surface area (Å²) in [4.78, 5) is 2.91. The molecule has 1 heterocycles. The van der Waals surface area contributed by atoms with E-state index in [0.717, 1.165) is 11.6 Å². The third-order valence-electron chi connectivity index (χ3n) is 2.42. The van der Waals surface area contributed by atoms with Gasteiger partial charge in [-0.1, -0.05) is 0 Å². The Bertz CT molecular complexity index is 520. The first kappa shape index (κ1) is 10.7. The van der Waals surface area contributed by atoms with E-state index in [4.69, 9.17) is 4.74 Å². The van der Waals surface area contributed by atoms with Gasteiger partial charge in [0.1, 0.15) is 17.4 Å². The van der Waals surface area contributed by atoms with Crippen LogP contribution in [0.25, 0.3) is 11.3 Å². The number of nitrogens with one attached hydrogen (secondary N) is 1. The van der Waals surface area contributed by atoms with E-state index >= 15 is 0 Å². The molecule has 0 aliphatic carbocycles. The molecular formula is C12H11F2NO. The van der Waals surface area contributed by atoms with Crippen LogP contribution < -0.4 is 4.74 Å². The van der Waals surface area contributed by atoms with Gasteiger partial charge < -0.3 is 9.72 Å². The van der Waals surface area contributed by atoms with E-state index < -0.39 is 11.6 Å². The highest BCUT2D eigenvalue weighted by molar-refractivity contribution is 5.69. The summed E-state index contributed by atoms with van der Waals surface area (Å²) in [6.07, 6.45) is 1.72. The number of hydrogen-bond acceptors (Lipinski definition) is 1. The van der Waals surface area contributed by atoms with E-state index in [1.807, 2.05) is 6.92 Å². The van der Waals surface area contributed by atoms with Crippen LogP contribution in [0.1, 0.15) is 5.56 Å². The standard InChI is InChI=1S/C12H11F2NO/c1-7-6-15-11(12(7)16-2)9-4-3-8(13)5-10(9)14/h3-6,15H,1-2H3. The van der Waals surface area contributed by atoms with Crippen LogP contribution in [0.15, 0.2) is 24.4 Å². The van der Waals surface area contributed by atoms with Crippen molar-refractivity contribution in [3.8, 4) is 17.0 Å². The lowest BCUT2D eigenvalue weighted by Crippen LogP contribution is -1.90. The highest BCUT2D eigenvalue weighted by Crippen LogP contribution is 2.33. The highest BCUT2D eigenvalue weighted by Gasteiger charge is 2.14. The number of H-pyrrole nitrogens is 1. The second kappa shape index (κ2) is 3.96. The molecule has 0 saturated heterocycles. The average Bonchev–Trinajstić information content (AvgIpc) is 2.59. The minimum atomic E-state index is -0.611. The Morgan fingerprint density at radius 3 is 2.62 bits per heavy atom. The van der Waals surface area contributed by atoms with Crippen LogP contribution >= 0.6 is 0 Å². The number of rotatable bonds is 2. The number of benzene rings is 1. The molecule has 0 unspecified atom stereocenters. The Hall–Kier alpha value is -1.84. The van der Waals surface area contributed by atoms with E-state index in [1.54, 1.807) is 6.20 Å². The molecule has 0 aliphatic rings. The summed E-state index contributed by atoms with van der Waals surface area (Å²) in [5.41, 5.74) is 1.70. The van der Waals surface area contributed by atoms with Gasteiger partial charge in [0.15, 0.2) is 0 Å². The number of ether oxygens (including phenoxy) is 1. The Kier molecular flexibility index (Phi) is 2.64. The fraction of sp³-hybridized carbons (Fsp3) is 0.167. The van der Waals surface area contributed by atoms with Crippen LogP contribution in [0.3, 0.4) is 0 Å². The van der Waals surface area contributed by atoms with E-state index in [0.29, 0.717) is 17.0 Å². The van der Waals surface area contributed by atoms with Crippen LogP contribution in [-0.2, 0) is 0 Å². The van der Waals surface area contributed by atoms with Crippen molar-refractivity contribution >= 4 is 0 Å². The monoisotopic (exact) mass is 223 g/mol. The Morgan fingerprint density at radius 1 is 1.25 bits per heavy atom. The number of aromatic nitrogens is 1. The van der Waals surface area contributed by atoms with Crippen molar-refractivity contribution in [2.45, 2.75) is 6.92 Å². The van der Waals surface area contributed by atoms with Gasteiger partial charge in [-0.25, -0.2) is 8.78 Å². The van der Waals surface area contributed by atoms with Crippen molar-refractivity contribution in [3.63, 3.8) is 0 Å². The van der Waals surface area contributed by atoms with Crippen molar-refractivity contribution in [2.24, 2.45) is 0 Å². The first-order chi connectivity index (χ1) is 7.63. The minimum Gasteiger partial charge on any atom is -0.494 e. The molecule has 0 radical (unpaired) electrons. The molecule has 1 N–H and O–H groups in total. The minimum absolute atomic E-state index is 0.298. The van der Waals surface area contributed by atoms with Gasteiger partial charge in [-0.05, 0) is 19.1 Å². The molecule has 0 spiro atoms. The van der Waals surface area contributed by atoms with Crippen molar-refractivity contribution in [2.75, 3.05) is 7.11 Å². The molecule has 2 nitrogen and oxygen atoms in total. The fourth-order valence-electron chi connectivity index (χ4n) is 1.66. The number of aromatic amines is 1. The van der Waals surface area contributed by atoms with Crippen molar-refractivity contribution in [3.05, 3.63) is 41.6 Å². The fourth-order valence-corrected chi connectivity index (χ4v) is 1.66. The molecule has 4 heteroatoms. The second-order valence-corrected chi connectivity index (χ2v) is 3.50. The summed E-state index contributed by atoms with van der Waals surface area (Å²) in [7, 11) is 1.51. The lowest BCUT2D eigenvalue weighted by molar-refractivity contribution is 0.414. The third-order valence-corrected chi connectivity index (χ3v) is 2.42. The molecule has 2 rings (SSSR count). The lowest BCUT2D eigenvalue weighted by atomic mass is 10.1. The van der Waals surface area contributed by atoms with E-state index in [9.17, 15) is 8.78 Å². The molecule has 2 aromatic rings. The summed E-state index contributed by atoms with van der Waals surface area (Å²) in [6.45, 7) is 1.85. The Labute approximate surface area is 91.9 Å². The number of aryl methyl sites for hydroxylation is 1. The summed E-state index contributed by atoms with van der Waals surface area (Å²) < 4.78 is 31.5. The predicted molar refractivity (Wildman–Crippen MR) is 57.4 cm³/mol. The van der Waals surface area contributed by atoms with Crippen LogP contribution in [0.5, 0.6) is 5.75 Å². The quantitative estimate of drug-likeness (QED) is 0.830. The second-order valence-electron chi connectivity index (χ2n) is 3.50. The summed E-state index contributed by atoms with van der Waals surface area (Å²) in [5, 5.41) is 0. The van der Waals surface area contributed by atoms with Crippen LogP contribution in [0.4, 0.5) is 8.78 Å². The van der Waals surface area contributed by atoms with Gasteiger partial charge in [0.25, 0.3) is 0 Å². The molecule has 16 heavy (non-hydrogen) atoms. The van der Waals surface area contributed by atoms with Gasteiger partial charge in [0.2, 0.25) is 0 Å². The van der Waals surface area contributed by atoms with Crippen molar-refractivity contribution in [1.82, 2.24) is 4.98 Å². The molecule has 84 valence electrons. The van der Waals surface area contributed by atoms with Crippen LogP contribution in [-0.4, -0.2) is 12.1 Å². The largest absolute Gasteiger partial charge is 0.494 e. The van der Waals surface area contributed by atoms with Crippen molar-refractivity contribution in [1.29, 1.82) is 0 Å². The number of hydrogen-bond donors (Lipinski definition) is 1. The first-order valence-corrected chi connectivity index (χ1v) is 4.81. The molecule has 0 saturated carbocycles. The van der Waals surface area contributed by atoms with Gasteiger partial charge in [0.05, 0.1) is 12.8 Å². The maximum atomic E-state index is 13.5. The van der Waals surface area contributed by atoms with E-state index in [2.05, 4.69) is 4.98 Å². The SMILES string of the molecule is COc1c(C)c[nH]c1-c1ccc(F)cc1F. The molecular weight excluding hydrogens is 212 g/mol. The molecule has 0 fully saturated rings. The molecule has 0 aliphatic heterocycles. The van der Waals surface area contributed by atoms with Crippen LogP contribution in [0, 0.1) is 18.6 Å². The van der Waals surface area contributed by atoms with Crippen molar-refractivity contribution < 1.29 is 13.5 Å². The average molecular weight is 223 g/mol. The zero-order valence-corrected chi connectivity index (χ0v) is 8.97. The smallest absolute Gasteiger partial charge is 0.147 e. The summed E-state index contributed by atoms with van der Waals surface area (Å²) in [6, 6.07) is 3.46. The highest BCUT2D eigenvalue weighted by atomic mass is 19.1. The number of methoxy groups -OCH3 is 1. The summed E-state index contributed by atoms with van der Waals surface area (Å²) >= 11 is 0. The maximum Gasteiger partial charge on any atom is 0.147 e. The molecule has 0 bridgehead atoms.